The van der Waals surface area contributed by atoms with Crippen molar-refractivity contribution in [1.29, 1.82) is 0 Å². The number of amides is 1. The summed E-state index contributed by atoms with van der Waals surface area (Å²) in [6.07, 6.45) is 0.989. The Hall–Kier alpha value is -2.60. The zero-order chi connectivity index (χ0) is 19.8. The second-order valence-corrected chi connectivity index (χ2v) is 7.79. The van der Waals surface area contributed by atoms with Gasteiger partial charge in [-0.2, -0.15) is 0 Å². The lowest BCUT2D eigenvalue weighted by molar-refractivity contribution is 0.0622. The Morgan fingerprint density at radius 1 is 1.14 bits per heavy atom. The number of ketones is 1. The minimum Gasteiger partial charge on any atom is -0.493 e. The highest BCUT2D eigenvalue weighted by Gasteiger charge is 2.27. The lowest BCUT2D eigenvalue weighted by Crippen LogP contribution is -2.48. The number of nitrogens with one attached hydrogen (secondary N) is 1. The van der Waals surface area contributed by atoms with E-state index in [0.29, 0.717) is 24.3 Å². The molecular weight excluding hydrogens is 354 g/mol. The Balaban J connectivity index is 1.38. The van der Waals surface area contributed by atoms with Crippen LogP contribution in [-0.2, 0) is 13.0 Å². The lowest BCUT2D eigenvalue weighted by atomic mass is 10.1. The molecule has 2 aliphatic rings. The van der Waals surface area contributed by atoms with Gasteiger partial charge >= 0.3 is 0 Å². The molecule has 1 fully saturated rings. The fourth-order valence-corrected chi connectivity index (χ4v) is 4.36. The van der Waals surface area contributed by atoms with Crippen LogP contribution in [0, 0.1) is 13.8 Å². The van der Waals surface area contributed by atoms with Gasteiger partial charge in [0.2, 0.25) is 0 Å². The largest absolute Gasteiger partial charge is 0.493 e. The van der Waals surface area contributed by atoms with E-state index in [1.54, 1.807) is 6.92 Å². The molecule has 6 nitrogen and oxygen atoms in total. The number of aromatic nitrogens is 1. The molecule has 2 aromatic rings. The topological polar surface area (TPSA) is 65.6 Å². The first kappa shape index (κ1) is 18.7. The van der Waals surface area contributed by atoms with Crippen LogP contribution in [0.25, 0.3) is 0 Å². The molecule has 2 aliphatic heterocycles. The molecule has 1 amide bonds. The van der Waals surface area contributed by atoms with Gasteiger partial charge in [0.05, 0.1) is 6.61 Å². The van der Waals surface area contributed by atoms with E-state index >= 15 is 0 Å². The Kier molecular flexibility index (Phi) is 4.98. The van der Waals surface area contributed by atoms with E-state index in [4.69, 9.17) is 4.74 Å². The van der Waals surface area contributed by atoms with E-state index < -0.39 is 0 Å². The molecular formula is C22H27N3O3. The summed E-state index contributed by atoms with van der Waals surface area (Å²) in [6.45, 7) is 9.99. The molecule has 1 aromatic heterocycles. The van der Waals surface area contributed by atoms with E-state index in [0.717, 1.165) is 49.7 Å². The first-order valence-corrected chi connectivity index (χ1v) is 9.90. The van der Waals surface area contributed by atoms with Crippen LogP contribution in [0.5, 0.6) is 5.75 Å². The molecule has 28 heavy (non-hydrogen) atoms. The Morgan fingerprint density at radius 2 is 1.89 bits per heavy atom. The number of aryl methyl sites for hydroxylation is 1. The zero-order valence-corrected chi connectivity index (χ0v) is 16.8. The van der Waals surface area contributed by atoms with Crippen molar-refractivity contribution >= 4 is 11.7 Å². The van der Waals surface area contributed by atoms with Crippen molar-refractivity contribution in [2.45, 2.75) is 33.7 Å². The first-order valence-electron chi connectivity index (χ1n) is 9.90. The van der Waals surface area contributed by atoms with E-state index in [1.165, 1.54) is 11.1 Å². The van der Waals surface area contributed by atoms with E-state index in [1.807, 2.05) is 18.7 Å². The number of Topliss-reactive ketones (excluding diaryl/α,β-unsaturated/α-hetero) is 1. The van der Waals surface area contributed by atoms with Crippen LogP contribution in [-0.4, -0.2) is 59.3 Å². The van der Waals surface area contributed by atoms with Crippen LogP contribution in [0.4, 0.5) is 0 Å². The molecule has 0 spiro atoms. The minimum absolute atomic E-state index is 0.00475. The van der Waals surface area contributed by atoms with Crippen molar-refractivity contribution in [3.63, 3.8) is 0 Å². The van der Waals surface area contributed by atoms with Crippen LogP contribution < -0.4 is 4.74 Å². The third kappa shape index (κ3) is 3.44. The maximum atomic E-state index is 13.0. The normalized spacial score (nSPS) is 16.8. The number of carbonyl (C=O) groups excluding carboxylic acids is 2. The monoisotopic (exact) mass is 381 g/mol. The average molecular weight is 381 g/mol. The Bertz CT molecular complexity index is 923. The van der Waals surface area contributed by atoms with E-state index in [2.05, 4.69) is 28.1 Å². The molecule has 0 atom stereocenters. The van der Waals surface area contributed by atoms with Gasteiger partial charge in [-0.1, -0.05) is 12.1 Å². The number of ether oxygens (including phenoxy) is 1. The summed E-state index contributed by atoms with van der Waals surface area (Å²) in [5.74, 6) is 0.998. The van der Waals surface area contributed by atoms with Gasteiger partial charge in [0.1, 0.15) is 11.4 Å². The van der Waals surface area contributed by atoms with Crippen molar-refractivity contribution in [3.05, 3.63) is 51.8 Å². The molecule has 0 saturated carbocycles. The van der Waals surface area contributed by atoms with Crippen LogP contribution in [0.1, 0.15) is 50.2 Å². The molecule has 0 radical (unpaired) electrons. The Labute approximate surface area is 165 Å². The summed E-state index contributed by atoms with van der Waals surface area (Å²) in [4.78, 5) is 32.2. The highest BCUT2D eigenvalue weighted by molar-refractivity contribution is 6.02. The molecule has 6 heteroatoms. The van der Waals surface area contributed by atoms with Gasteiger partial charge in [-0.15, -0.1) is 0 Å². The van der Waals surface area contributed by atoms with Crippen molar-refractivity contribution in [3.8, 4) is 5.75 Å². The maximum absolute atomic E-state index is 13.0. The molecule has 4 rings (SSSR count). The van der Waals surface area contributed by atoms with Crippen LogP contribution in [0.15, 0.2) is 18.2 Å². The molecule has 0 bridgehead atoms. The van der Waals surface area contributed by atoms with Crippen molar-refractivity contribution in [1.82, 2.24) is 14.8 Å². The smallest absolute Gasteiger partial charge is 0.270 e. The number of aromatic amines is 1. The summed E-state index contributed by atoms with van der Waals surface area (Å²) in [5.41, 5.74) is 5.32. The molecule has 0 unspecified atom stereocenters. The highest BCUT2D eigenvalue weighted by atomic mass is 16.5. The summed E-state index contributed by atoms with van der Waals surface area (Å²) < 4.78 is 5.58. The van der Waals surface area contributed by atoms with Crippen LogP contribution in [0.3, 0.4) is 0 Å². The molecule has 1 N–H and O–H groups in total. The maximum Gasteiger partial charge on any atom is 0.270 e. The fourth-order valence-electron chi connectivity index (χ4n) is 4.36. The summed E-state index contributed by atoms with van der Waals surface area (Å²) in [5, 5.41) is 0. The number of carbonyl (C=O) groups is 2. The number of benzene rings is 1. The SMILES string of the molecule is CC(=O)c1c(C)[nH]c(C(=O)N2CCN(Cc3ccc4c(c3)CCO4)CC2)c1C. The number of nitrogens with zero attached hydrogens (tertiary/aromatic N) is 2. The number of fused-ring (bicyclic) bond motifs is 1. The Morgan fingerprint density at radius 3 is 2.57 bits per heavy atom. The first-order chi connectivity index (χ1) is 13.4. The number of piperazine rings is 1. The summed E-state index contributed by atoms with van der Waals surface area (Å²) in [6, 6.07) is 6.45. The summed E-state index contributed by atoms with van der Waals surface area (Å²) >= 11 is 0. The van der Waals surface area contributed by atoms with Gasteiger partial charge in [-0.25, -0.2) is 0 Å². The van der Waals surface area contributed by atoms with Gasteiger partial charge in [0, 0.05) is 50.4 Å². The van der Waals surface area contributed by atoms with E-state index in [9.17, 15) is 9.59 Å². The lowest BCUT2D eigenvalue weighted by Gasteiger charge is -2.34. The van der Waals surface area contributed by atoms with Crippen LogP contribution >= 0.6 is 0 Å². The molecule has 3 heterocycles. The number of hydrogen-bond acceptors (Lipinski definition) is 4. The predicted molar refractivity (Wildman–Crippen MR) is 107 cm³/mol. The average Bonchev–Trinajstić information content (AvgIpc) is 3.25. The quantitative estimate of drug-likeness (QED) is 0.827. The zero-order valence-electron chi connectivity index (χ0n) is 16.8. The molecule has 0 aliphatic carbocycles. The van der Waals surface area contributed by atoms with Gasteiger partial charge in [-0.3, -0.25) is 14.5 Å². The molecule has 1 aromatic carbocycles. The van der Waals surface area contributed by atoms with Gasteiger partial charge in [-0.05, 0) is 43.5 Å². The third-order valence-electron chi connectivity index (χ3n) is 5.82. The van der Waals surface area contributed by atoms with Crippen LogP contribution in [0.2, 0.25) is 0 Å². The number of H-pyrrole nitrogens is 1. The minimum atomic E-state index is -0.0116. The van der Waals surface area contributed by atoms with Gasteiger partial charge in [0.15, 0.2) is 5.78 Å². The highest BCUT2D eigenvalue weighted by Crippen LogP contribution is 2.26. The number of rotatable bonds is 4. The van der Waals surface area contributed by atoms with Crippen molar-refractivity contribution in [2.75, 3.05) is 32.8 Å². The fraction of sp³-hybridized carbons (Fsp3) is 0.455. The summed E-state index contributed by atoms with van der Waals surface area (Å²) in [7, 11) is 0. The second kappa shape index (κ2) is 7.43. The predicted octanol–water partition coefficient (Wildman–Crippen LogP) is 2.73. The second-order valence-electron chi connectivity index (χ2n) is 7.79. The number of hydrogen-bond donors (Lipinski definition) is 1. The standard InChI is InChI=1S/C22H27N3O3/c1-14-20(16(3)26)15(2)23-21(14)22(27)25-9-7-24(8-10-25)13-17-4-5-19-18(12-17)6-11-28-19/h4-5,12,23H,6-11,13H2,1-3H3. The third-order valence-corrected chi connectivity index (χ3v) is 5.82. The van der Waals surface area contributed by atoms with Crippen molar-refractivity contribution < 1.29 is 14.3 Å². The van der Waals surface area contributed by atoms with Gasteiger partial charge < -0.3 is 14.6 Å². The van der Waals surface area contributed by atoms with E-state index in [-0.39, 0.29) is 11.7 Å². The van der Waals surface area contributed by atoms with Crippen molar-refractivity contribution in [2.24, 2.45) is 0 Å². The molecule has 148 valence electrons. The molecule has 1 saturated heterocycles. The van der Waals surface area contributed by atoms with Gasteiger partial charge in [0.25, 0.3) is 5.91 Å².